The molecule has 0 aromatic heterocycles. The van der Waals surface area contributed by atoms with Gasteiger partial charge in [0.05, 0.1) is 0 Å². The van der Waals surface area contributed by atoms with E-state index < -0.39 is 0 Å². The van der Waals surface area contributed by atoms with Crippen LogP contribution in [0.1, 0.15) is 0 Å². The van der Waals surface area contributed by atoms with Crippen molar-refractivity contribution in [1.82, 2.24) is 0 Å². The van der Waals surface area contributed by atoms with Crippen LogP contribution in [0.4, 0.5) is 0 Å². The van der Waals surface area contributed by atoms with Crippen molar-refractivity contribution in [3.05, 3.63) is 0 Å². The average molecular weight is 133 g/mol. The fourth-order valence-electron chi connectivity index (χ4n) is 0. The second-order valence-electron chi connectivity index (χ2n) is 0.243. The molecule has 0 rings (SSSR count). The van der Waals surface area contributed by atoms with E-state index >= 15 is 0 Å². The zero-order valence-corrected chi connectivity index (χ0v) is 4.52. The Morgan fingerprint density at radius 1 is 2.00 bits per heavy atom. The van der Waals surface area contributed by atoms with Gasteiger partial charge in [0, 0.05) is 0 Å². The van der Waals surface area contributed by atoms with Gasteiger partial charge in [-0.1, -0.05) is 0 Å². The Bertz CT molecular complexity index is 29.0. The van der Waals surface area contributed by atoms with Crippen LogP contribution in [-0.4, -0.2) is 3.10 Å². The summed E-state index contributed by atoms with van der Waals surface area (Å²) in [7, 11) is 0. The summed E-state index contributed by atoms with van der Waals surface area (Å²) in [6, 6.07) is 0. The van der Waals surface area contributed by atoms with Crippen molar-refractivity contribution in [1.29, 1.82) is 0 Å². The fourth-order valence-corrected chi connectivity index (χ4v) is 0. The summed E-state index contributed by atoms with van der Waals surface area (Å²) in [5, 5.41) is 0. The van der Waals surface area contributed by atoms with Crippen LogP contribution in [0.3, 0.4) is 0 Å². The van der Waals surface area contributed by atoms with E-state index in [1.165, 1.54) is 0 Å². The Morgan fingerprint density at radius 2 is 2.00 bits per heavy atom. The van der Waals surface area contributed by atoms with Crippen LogP contribution >= 0.6 is 24.8 Å². The molecule has 0 unspecified atom stereocenters. The molecule has 0 saturated heterocycles. The van der Waals surface area contributed by atoms with Gasteiger partial charge in [-0.25, -0.2) is 0 Å². The summed E-state index contributed by atoms with van der Waals surface area (Å²) in [5.41, 5.74) is 0. The molecule has 0 N–H and O–H groups in total. The maximum absolute atomic E-state index is 4.29. The van der Waals surface area contributed by atoms with Crippen molar-refractivity contribution < 1.29 is 16.0 Å². The van der Waals surface area contributed by atoms with Crippen molar-refractivity contribution in [2.24, 2.45) is 0 Å². The van der Waals surface area contributed by atoms with Crippen LogP contribution in [-0.2, 0) is 16.0 Å². The number of hydrogen-bond donors (Lipinski definition) is 1. The third-order valence-corrected chi connectivity index (χ3v) is 0. The first-order valence-electron chi connectivity index (χ1n) is 0.605. The predicted octanol–water partition coefficient (Wildman–Crippen LogP) is 0.748. The van der Waals surface area contributed by atoms with Crippen LogP contribution in [0.2, 0.25) is 0 Å². The van der Waals surface area contributed by atoms with Crippen molar-refractivity contribution in [3.8, 4) is 0 Å². The number of rotatable bonds is 0. The van der Waals surface area contributed by atoms with E-state index in [0.717, 1.165) is 0 Å². The van der Waals surface area contributed by atoms with E-state index in [0.29, 0.717) is 3.10 Å². The predicted molar refractivity (Wildman–Crippen MR) is 21.6 cm³/mol. The molecular formula is CHFeS2. The zero-order chi connectivity index (χ0) is 3.58. The SMILES string of the molecule is S=[C](S)[Fe]. The second kappa shape index (κ2) is 2.21. The van der Waals surface area contributed by atoms with Gasteiger partial charge in [0.1, 0.15) is 0 Å². The molecule has 0 fully saturated rings. The standard InChI is InChI=1S/CHS2.Fe/c2-1-3;/h(H,2,3);. The first-order valence-corrected chi connectivity index (χ1v) is 2.01. The monoisotopic (exact) mass is 133 g/mol. The summed E-state index contributed by atoms with van der Waals surface area (Å²) in [6.07, 6.45) is 0. The van der Waals surface area contributed by atoms with Gasteiger partial charge in [-0.3, -0.25) is 0 Å². The summed E-state index contributed by atoms with van der Waals surface area (Å²) in [5.74, 6) is 0. The third-order valence-electron chi connectivity index (χ3n) is 0. The molecule has 0 saturated carbocycles. The molecule has 0 atom stereocenters. The molecule has 3 heteroatoms. The van der Waals surface area contributed by atoms with Gasteiger partial charge in [-0.15, -0.1) is 0 Å². The molecular weight excluding hydrogens is 132 g/mol. The molecule has 0 bridgehead atoms. The van der Waals surface area contributed by atoms with E-state index in [-0.39, 0.29) is 0 Å². The minimum atomic E-state index is 0.444. The maximum atomic E-state index is 4.29. The van der Waals surface area contributed by atoms with E-state index in [2.05, 4.69) is 40.9 Å². The van der Waals surface area contributed by atoms with Crippen molar-refractivity contribution >= 4 is 27.9 Å². The number of hydrogen-bond acceptors (Lipinski definition) is 1. The Morgan fingerprint density at radius 3 is 2.00 bits per heavy atom. The van der Waals surface area contributed by atoms with Crippen LogP contribution in [0, 0.1) is 0 Å². The molecule has 0 aromatic rings. The molecule has 0 radical (unpaired) electrons. The minimum absolute atomic E-state index is 0.444. The van der Waals surface area contributed by atoms with Gasteiger partial charge < -0.3 is 0 Å². The Hall–Kier alpha value is 0.959. The van der Waals surface area contributed by atoms with E-state index in [1.54, 1.807) is 0 Å². The average Bonchev–Trinajstić information content (AvgIpc) is 0.811. The quantitative estimate of drug-likeness (QED) is 0.289. The molecule has 25 valence electrons. The van der Waals surface area contributed by atoms with Gasteiger partial charge in [0.25, 0.3) is 0 Å². The van der Waals surface area contributed by atoms with Crippen molar-refractivity contribution in [2.75, 3.05) is 0 Å². The van der Waals surface area contributed by atoms with Crippen LogP contribution < -0.4 is 0 Å². The summed E-state index contributed by atoms with van der Waals surface area (Å²) in [6.45, 7) is 0. The number of thiocarbonyl (C=S) groups is 1. The molecule has 0 amide bonds. The molecule has 0 spiro atoms. The Kier molecular flexibility index (Phi) is 2.74. The summed E-state index contributed by atoms with van der Waals surface area (Å²) < 4.78 is 0.444. The Labute approximate surface area is 44.2 Å². The first-order chi connectivity index (χ1) is 1.73. The van der Waals surface area contributed by atoms with E-state index in [4.69, 9.17) is 0 Å². The molecule has 0 aliphatic carbocycles. The second-order valence-corrected chi connectivity index (χ2v) is 2.69. The number of thiol groups is 1. The zero-order valence-electron chi connectivity index (χ0n) is 1.71. The van der Waals surface area contributed by atoms with E-state index in [9.17, 15) is 0 Å². The molecule has 0 heterocycles. The van der Waals surface area contributed by atoms with Gasteiger partial charge >= 0.3 is 44.0 Å². The van der Waals surface area contributed by atoms with Crippen molar-refractivity contribution in [3.63, 3.8) is 0 Å². The van der Waals surface area contributed by atoms with Gasteiger partial charge in [0.15, 0.2) is 0 Å². The van der Waals surface area contributed by atoms with E-state index in [1.807, 2.05) is 0 Å². The fraction of sp³-hybridized carbons (Fsp3) is 0. The summed E-state index contributed by atoms with van der Waals surface area (Å²) in [4.78, 5) is 0. The molecule has 0 aromatic carbocycles. The van der Waals surface area contributed by atoms with Crippen molar-refractivity contribution in [2.45, 2.75) is 0 Å². The molecule has 0 nitrogen and oxygen atoms in total. The van der Waals surface area contributed by atoms with Crippen LogP contribution in [0.5, 0.6) is 0 Å². The van der Waals surface area contributed by atoms with Crippen LogP contribution in [0.25, 0.3) is 0 Å². The third kappa shape index (κ3) is 12.3. The first kappa shape index (κ1) is 4.96. The van der Waals surface area contributed by atoms with Gasteiger partial charge in [-0.05, 0) is 0 Å². The normalized spacial score (nSPS) is 6.50. The van der Waals surface area contributed by atoms with Gasteiger partial charge in [-0.2, -0.15) is 0 Å². The molecule has 0 aliphatic heterocycles. The topological polar surface area (TPSA) is 0 Å². The van der Waals surface area contributed by atoms with Crippen LogP contribution in [0.15, 0.2) is 0 Å². The van der Waals surface area contributed by atoms with Gasteiger partial charge in [0.2, 0.25) is 0 Å². The Balaban J connectivity index is 2.80. The summed E-state index contributed by atoms with van der Waals surface area (Å²) >= 11 is 11.1. The molecule has 0 aliphatic rings. The molecule has 4 heavy (non-hydrogen) atoms.